The van der Waals surface area contributed by atoms with Gasteiger partial charge in [-0.15, -0.1) is 11.3 Å². The Balaban J connectivity index is 2.43. The maximum Gasteiger partial charge on any atom is 0.346 e. The van der Waals surface area contributed by atoms with E-state index in [2.05, 4.69) is 26.0 Å². The average molecular weight is 433 g/mol. The zero-order valence-corrected chi connectivity index (χ0v) is 20.3. The predicted molar refractivity (Wildman–Crippen MR) is 124 cm³/mol. The molecular weight excluding hydrogens is 396 g/mol. The summed E-state index contributed by atoms with van der Waals surface area (Å²) in [5, 5.41) is 20.0. The molecule has 0 bridgehead atoms. The van der Waals surface area contributed by atoms with Crippen molar-refractivity contribution in [2.45, 2.75) is 85.9 Å². The first-order valence-corrected chi connectivity index (χ1v) is 11.5. The van der Waals surface area contributed by atoms with Crippen LogP contribution in [0.15, 0.2) is 24.3 Å². The monoisotopic (exact) mass is 432 g/mol. The minimum atomic E-state index is -0.865. The molecule has 0 fully saturated rings. The summed E-state index contributed by atoms with van der Waals surface area (Å²) in [6.07, 6.45) is 0.850. The zero-order valence-electron chi connectivity index (χ0n) is 19.5. The van der Waals surface area contributed by atoms with Crippen LogP contribution in [-0.2, 0) is 5.41 Å². The van der Waals surface area contributed by atoms with E-state index < -0.39 is 12.1 Å². The van der Waals surface area contributed by atoms with Crippen molar-refractivity contribution in [3.05, 3.63) is 50.7 Å². The molecule has 0 saturated carbocycles. The standard InChI is InChI=1S/C25H36O4S/c1-9-25(10-2,20-14-16(4)21(30-20)23(27)28)18-11-12-19(15(3)13-18)29-17(5)22(26)24(6,7)8/h11-14,17,22,26H,9-10H2,1-8H3,(H,27,28). The SMILES string of the molecule is CCC(CC)(c1ccc(OC(C)C(O)C(C)(C)C)c(C)c1)c1cc(C)c(C(=O)O)s1. The summed E-state index contributed by atoms with van der Waals surface area (Å²) in [4.78, 5) is 13.1. The van der Waals surface area contributed by atoms with Crippen LogP contribution in [-0.4, -0.2) is 28.4 Å². The van der Waals surface area contributed by atoms with Gasteiger partial charge in [-0.05, 0) is 67.9 Å². The van der Waals surface area contributed by atoms with Crippen LogP contribution in [0.3, 0.4) is 0 Å². The Bertz CT molecular complexity index is 887. The van der Waals surface area contributed by atoms with Crippen molar-refractivity contribution >= 4 is 17.3 Å². The summed E-state index contributed by atoms with van der Waals surface area (Å²) < 4.78 is 6.10. The molecule has 0 aliphatic carbocycles. The fourth-order valence-corrected chi connectivity index (χ4v) is 5.49. The molecule has 1 aromatic heterocycles. The number of hydrogen-bond acceptors (Lipinski definition) is 4. The summed E-state index contributed by atoms with van der Waals surface area (Å²) in [6, 6.07) is 8.24. The summed E-state index contributed by atoms with van der Waals surface area (Å²) in [5.41, 5.74) is 2.50. The number of carboxylic acid groups (broad SMARTS) is 1. The highest BCUT2D eigenvalue weighted by atomic mass is 32.1. The summed E-state index contributed by atoms with van der Waals surface area (Å²) in [7, 11) is 0. The van der Waals surface area contributed by atoms with Gasteiger partial charge in [-0.25, -0.2) is 4.79 Å². The summed E-state index contributed by atoms with van der Waals surface area (Å²) >= 11 is 1.38. The average Bonchev–Trinajstić information content (AvgIpc) is 3.06. The first-order valence-electron chi connectivity index (χ1n) is 10.7. The molecule has 0 saturated heterocycles. The van der Waals surface area contributed by atoms with Crippen LogP contribution in [0.4, 0.5) is 0 Å². The smallest absolute Gasteiger partial charge is 0.346 e. The molecule has 2 atom stereocenters. The van der Waals surface area contributed by atoms with Crippen molar-refractivity contribution < 1.29 is 19.7 Å². The van der Waals surface area contributed by atoms with Crippen molar-refractivity contribution in [3.8, 4) is 5.75 Å². The number of aryl methyl sites for hydroxylation is 2. The van der Waals surface area contributed by atoms with E-state index in [1.54, 1.807) is 0 Å². The van der Waals surface area contributed by atoms with Crippen LogP contribution in [0.2, 0.25) is 0 Å². The van der Waals surface area contributed by atoms with Gasteiger partial charge in [0, 0.05) is 10.3 Å². The lowest BCUT2D eigenvalue weighted by atomic mass is 9.74. The Kier molecular flexibility index (Phi) is 7.41. The number of aliphatic hydroxyl groups excluding tert-OH is 1. The van der Waals surface area contributed by atoms with Crippen LogP contribution in [0.1, 0.15) is 85.6 Å². The van der Waals surface area contributed by atoms with E-state index in [0.717, 1.165) is 34.6 Å². The topological polar surface area (TPSA) is 66.8 Å². The van der Waals surface area contributed by atoms with E-state index in [1.807, 2.05) is 53.7 Å². The number of carboxylic acids is 1. The Morgan fingerprint density at radius 2 is 1.70 bits per heavy atom. The first-order chi connectivity index (χ1) is 13.9. The molecule has 4 nitrogen and oxygen atoms in total. The molecule has 0 aliphatic rings. The Morgan fingerprint density at radius 1 is 1.10 bits per heavy atom. The fourth-order valence-electron chi connectivity index (χ4n) is 4.13. The van der Waals surface area contributed by atoms with E-state index in [-0.39, 0.29) is 16.9 Å². The third-order valence-electron chi connectivity index (χ3n) is 6.16. The Hall–Kier alpha value is -1.85. The lowest BCUT2D eigenvalue weighted by Crippen LogP contribution is -2.39. The molecule has 0 radical (unpaired) electrons. The normalized spacial score (nSPS) is 14.4. The lowest BCUT2D eigenvalue weighted by molar-refractivity contribution is -0.0234. The van der Waals surface area contributed by atoms with Crippen molar-refractivity contribution in [1.29, 1.82) is 0 Å². The zero-order chi connectivity index (χ0) is 22.9. The van der Waals surface area contributed by atoms with Gasteiger partial charge >= 0.3 is 5.97 Å². The molecule has 1 heterocycles. The van der Waals surface area contributed by atoms with Crippen LogP contribution in [0, 0.1) is 19.3 Å². The van der Waals surface area contributed by atoms with Crippen molar-refractivity contribution in [3.63, 3.8) is 0 Å². The van der Waals surface area contributed by atoms with Gasteiger partial charge in [0.15, 0.2) is 0 Å². The molecule has 0 spiro atoms. The summed E-state index contributed by atoms with van der Waals surface area (Å²) in [6.45, 7) is 16.1. The summed E-state index contributed by atoms with van der Waals surface area (Å²) in [5.74, 6) is -0.0968. The van der Waals surface area contributed by atoms with Crippen molar-refractivity contribution in [1.82, 2.24) is 0 Å². The van der Waals surface area contributed by atoms with E-state index in [1.165, 1.54) is 16.9 Å². The van der Waals surface area contributed by atoms with E-state index in [0.29, 0.717) is 4.88 Å². The molecule has 2 unspecified atom stereocenters. The predicted octanol–water partition coefficient (Wildman–Crippen LogP) is 6.34. The third-order valence-corrected chi connectivity index (χ3v) is 7.59. The molecule has 30 heavy (non-hydrogen) atoms. The van der Waals surface area contributed by atoms with Gasteiger partial charge in [0.1, 0.15) is 16.7 Å². The number of thiophene rings is 1. The Labute approximate surface area is 184 Å². The van der Waals surface area contributed by atoms with Gasteiger partial charge in [-0.2, -0.15) is 0 Å². The molecule has 0 amide bonds. The molecule has 1 aromatic carbocycles. The highest BCUT2D eigenvalue weighted by Crippen LogP contribution is 2.44. The highest BCUT2D eigenvalue weighted by molar-refractivity contribution is 7.14. The number of aromatic carboxylic acids is 1. The first kappa shape index (κ1) is 24.4. The second kappa shape index (κ2) is 9.11. The minimum Gasteiger partial charge on any atom is -0.488 e. The number of hydrogen-bond donors (Lipinski definition) is 2. The maximum atomic E-state index is 11.6. The maximum absolute atomic E-state index is 11.6. The molecule has 2 N–H and O–H groups in total. The van der Waals surface area contributed by atoms with Gasteiger partial charge in [0.25, 0.3) is 0 Å². The number of aliphatic hydroxyl groups is 1. The second-order valence-corrected chi connectivity index (χ2v) is 10.4. The molecule has 2 aromatic rings. The van der Waals surface area contributed by atoms with Crippen LogP contribution >= 0.6 is 11.3 Å². The Morgan fingerprint density at radius 3 is 2.13 bits per heavy atom. The fraction of sp³-hybridized carbons (Fsp3) is 0.560. The minimum absolute atomic E-state index is 0.233. The molecule has 166 valence electrons. The lowest BCUT2D eigenvalue weighted by Gasteiger charge is -2.33. The molecule has 5 heteroatoms. The largest absolute Gasteiger partial charge is 0.488 e. The van der Waals surface area contributed by atoms with Gasteiger partial charge in [0.05, 0.1) is 6.10 Å². The number of carbonyl (C=O) groups is 1. The van der Waals surface area contributed by atoms with Gasteiger partial charge in [0.2, 0.25) is 0 Å². The van der Waals surface area contributed by atoms with Crippen molar-refractivity contribution in [2.24, 2.45) is 5.41 Å². The van der Waals surface area contributed by atoms with E-state index >= 15 is 0 Å². The molecular formula is C25H36O4S. The van der Waals surface area contributed by atoms with Gasteiger partial charge < -0.3 is 14.9 Å². The highest BCUT2D eigenvalue weighted by Gasteiger charge is 2.34. The quantitative estimate of drug-likeness (QED) is 0.510. The van der Waals surface area contributed by atoms with Crippen LogP contribution in [0.25, 0.3) is 0 Å². The third kappa shape index (κ3) is 4.73. The van der Waals surface area contributed by atoms with E-state index in [9.17, 15) is 15.0 Å². The molecule has 2 rings (SSSR count). The van der Waals surface area contributed by atoms with Crippen LogP contribution in [0.5, 0.6) is 5.75 Å². The molecule has 0 aliphatic heterocycles. The number of benzene rings is 1. The second-order valence-electron chi connectivity index (χ2n) is 9.33. The van der Waals surface area contributed by atoms with Gasteiger partial charge in [-0.1, -0.05) is 46.8 Å². The number of ether oxygens (including phenoxy) is 1. The van der Waals surface area contributed by atoms with Crippen LogP contribution < -0.4 is 4.74 Å². The van der Waals surface area contributed by atoms with E-state index in [4.69, 9.17) is 4.74 Å². The van der Waals surface area contributed by atoms with Crippen molar-refractivity contribution in [2.75, 3.05) is 0 Å². The van der Waals surface area contributed by atoms with Gasteiger partial charge in [-0.3, -0.25) is 0 Å². The number of rotatable bonds is 8.